The van der Waals surface area contributed by atoms with Crippen molar-refractivity contribution in [2.45, 2.75) is 4.34 Å². The van der Waals surface area contributed by atoms with Crippen molar-refractivity contribution in [1.82, 2.24) is 9.97 Å². The minimum atomic E-state index is -0.246. The Morgan fingerprint density at radius 3 is 2.83 bits per heavy atom. The molecule has 0 saturated heterocycles. The third-order valence-corrected chi connectivity index (χ3v) is 6.83. The van der Waals surface area contributed by atoms with Gasteiger partial charge in [0, 0.05) is 17.3 Å². The lowest BCUT2D eigenvalue weighted by atomic mass is 10.2. The first-order chi connectivity index (χ1) is 14.6. The second-order valence-electron chi connectivity index (χ2n) is 5.99. The van der Waals surface area contributed by atoms with Crippen molar-refractivity contribution in [2.24, 2.45) is 0 Å². The maximum atomic E-state index is 12.6. The van der Waals surface area contributed by atoms with Gasteiger partial charge in [0.1, 0.15) is 5.75 Å². The molecule has 2 heterocycles. The fourth-order valence-corrected chi connectivity index (χ4v) is 5.09. The van der Waals surface area contributed by atoms with Crippen LogP contribution >= 0.6 is 34.4 Å². The molecule has 0 atom stereocenters. The zero-order valence-corrected chi connectivity index (χ0v) is 18.2. The van der Waals surface area contributed by atoms with Crippen molar-refractivity contribution in [3.8, 4) is 5.75 Å². The number of aromatic nitrogens is 2. The number of anilines is 2. The van der Waals surface area contributed by atoms with E-state index in [0.717, 1.165) is 14.6 Å². The van der Waals surface area contributed by atoms with Gasteiger partial charge in [0.25, 0.3) is 5.91 Å². The number of fused-ring (bicyclic) bond motifs is 1. The van der Waals surface area contributed by atoms with Crippen molar-refractivity contribution < 1.29 is 14.3 Å². The van der Waals surface area contributed by atoms with Gasteiger partial charge in [-0.25, -0.2) is 9.97 Å². The summed E-state index contributed by atoms with van der Waals surface area (Å²) in [5.41, 5.74) is 1.95. The van der Waals surface area contributed by atoms with Crippen molar-refractivity contribution in [3.63, 3.8) is 0 Å². The number of thioether (sulfide) groups is 1. The summed E-state index contributed by atoms with van der Waals surface area (Å²) in [6.45, 7) is 0. The molecule has 0 spiro atoms. The first kappa shape index (κ1) is 20.3. The SMILES string of the molecule is COc1ccccc1C(=O)Nc1ccc2nc(SCC(=O)Nc3nccs3)sc2c1. The maximum Gasteiger partial charge on any atom is 0.259 e. The van der Waals surface area contributed by atoms with E-state index in [1.807, 2.05) is 18.2 Å². The summed E-state index contributed by atoms with van der Waals surface area (Å²) in [6, 6.07) is 12.6. The van der Waals surface area contributed by atoms with Crippen LogP contribution in [-0.2, 0) is 4.79 Å². The molecule has 4 aromatic rings. The zero-order chi connectivity index (χ0) is 20.9. The highest BCUT2D eigenvalue weighted by molar-refractivity contribution is 8.01. The number of rotatable bonds is 7. The van der Waals surface area contributed by atoms with Gasteiger partial charge in [-0.15, -0.1) is 22.7 Å². The summed E-state index contributed by atoms with van der Waals surface area (Å²) < 4.78 is 6.96. The van der Waals surface area contributed by atoms with Crippen LogP contribution in [0.25, 0.3) is 10.2 Å². The number of para-hydroxylation sites is 1. The lowest BCUT2D eigenvalue weighted by Gasteiger charge is -2.09. The van der Waals surface area contributed by atoms with Crippen LogP contribution in [0.15, 0.2) is 58.4 Å². The predicted molar refractivity (Wildman–Crippen MR) is 122 cm³/mol. The van der Waals surface area contributed by atoms with Crippen LogP contribution < -0.4 is 15.4 Å². The molecule has 2 N–H and O–H groups in total. The van der Waals surface area contributed by atoms with Gasteiger partial charge in [0.05, 0.1) is 28.6 Å². The first-order valence-corrected chi connectivity index (χ1v) is 11.5. The Hall–Kier alpha value is -2.95. The molecular weight excluding hydrogens is 440 g/mol. The van der Waals surface area contributed by atoms with Crippen molar-refractivity contribution >= 4 is 67.3 Å². The molecule has 0 aliphatic carbocycles. The lowest BCUT2D eigenvalue weighted by molar-refractivity contribution is -0.113. The van der Waals surface area contributed by atoms with Crippen LogP contribution in [0.4, 0.5) is 10.8 Å². The normalized spacial score (nSPS) is 10.7. The molecule has 2 aromatic heterocycles. The average Bonchev–Trinajstić information content (AvgIpc) is 3.41. The van der Waals surface area contributed by atoms with Gasteiger partial charge in [-0.2, -0.15) is 0 Å². The Morgan fingerprint density at radius 1 is 1.17 bits per heavy atom. The second-order valence-corrected chi connectivity index (χ2v) is 9.14. The third kappa shape index (κ3) is 4.78. The molecule has 4 rings (SSSR count). The van der Waals surface area contributed by atoms with Crippen LogP contribution in [0, 0.1) is 0 Å². The fraction of sp³-hybridized carbons (Fsp3) is 0.100. The number of ether oxygens (including phenoxy) is 1. The van der Waals surface area contributed by atoms with Gasteiger partial charge >= 0.3 is 0 Å². The zero-order valence-electron chi connectivity index (χ0n) is 15.7. The van der Waals surface area contributed by atoms with E-state index in [0.29, 0.717) is 22.1 Å². The number of hydrogen-bond acceptors (Lipinski definition) is 8. The smallest absolute Gasteiger partial charge is 0.259 e. The molecule has 0 fully saturated rings. The quantitative estimate of drug-likeness (QED) is 0.390. The predicted octanol–water partition coefficient (Wildman–Crippen LogP) is 4.74. The van der Waals surface area contributed by atoms with Crippen LogP contribution in [0.5, 0.6) is 5.75 Å². The molecule has 152 valence electrons. The van der Waals surface area contributed by atoms with Crippen molar-refractivity contribution in [1.29, 1.82) is 0 Å². The minimum absolute atomic E-state index is 0.126. The molecule has 0 aliphatic rings. The van der Waals surface area contributed by atoms with Gasteiger partial charge in [0.2, 0.25) is 5.91 Å². The van der Waals surface area contributed by atoms with Crippen molar-refractivity contribution in [3.05, 3.63) is 59.6 Å². The number of nitrogens with one attached hydrogen (secondary N) is 2. The molecule has 0 radical (unpaired) electrons. The van der Waals surface area contributed by atoms with Gasteiger partial charge in [-0.05, 0) is 30.3 Å². The standard InChI is InChI=1S/C20H16N4O3S3/c1-27-15-5-3-2-4-13(15)18(26)22-12-6-7-14-16(10-12)30-20(23-14)29-11-17(25)24-19-21-8-9-28-19/h2-10H,11H2,1H3,(H,22,26)(H,21,24,25). The Bertz CT molecular complexity index is 1190. The second kappa shape index (κ2) is 9.24. The Morgan fingerprint density at radius 2 is 2.03 bits per heavy atom. The minimum Gasteiger partial charge on any atom is -0.496 e. The number of benzene rings is 2. The number of amides is 2. The number of carbonyl (C=O) groups is 2. The van der Waals surface area contributed by atoms with E-state index in [-0.39, 0.29) is 17.6 Å². The van der Waals surface area contributed by atoms with E-state index in [1.165, 1.54) is 41.5 Å². The summed E-state index contributed by atoms with van der Waals surface area (Å²) in [7, 11) is 1.53. The molecule has 0 unspecified atom stereocenters. The fourth-order valence-electron chi connectivity index (χ4n) is 2.64. The van der Waals surface area contributed by atoms with E-state index >= 15 is 0 Å². The van der Waals surface area contributed by atoms with Crippen molar-refractivity contribution in [2.75, 3.05) is 23.5 Å². The highest BCUT2D eigenvalue weighted by atomic mass is 32.2. The molecule has 0 saturated carbocycles. The number of carbonyl (C=O) groups excluding carboxylic acids is 2. The number of hydrogen-bond donors (Lipinski definition) is 2. The highest BCUT2D eigenvalue weighted by Crippen LogP contribution is 2.31. The molecule has 10 heteroatoms. The van der Waals surface area contributed by atoms with Gasteiger partial charge in [-0.1, -0.05) is 23.9 Å². The van der Waals surface area contributed by atoms with E-state index in [9.17, 15) is 9.59 Å². The number of thiazole rings is 2. The monoisotopic (exact) mass is 456 g/mol. The average molecular weight is 457 g/mol. The molecule has 2 amide bonds. The Kier molecular flexibility index (Phi) is 6.26. The summed E-state index contributed by atoms with van der Waals surface area (Å²) in [4.78, 5) is 33.2. The highest BCUT2D eigenvalue weighted by Gasteiger charge is 2.13. The molecule has 0 aliphatic heterocycles. The van der Waals surface area contributed by atoms with Crippen LogP contribution in [-0.4, -0.2) is 34.6 Å². The lowest BCUT2D eigenvalue weighted by Crippen LogP contribution is -2.13. The van der Waals surface area contributed by atoms with E-state index in [4.69, 9.17) is 4.74 Å². The largest absolute Gasteiger partial charge is 0.496 e. The van der Waals surface area contributed by atoms with E-state index in [1.54, 1.807) is 35.8 Å². The molecule has 2 aromatic carbocycles. The topological polar surface area (TPSA) is 93.2 Å². The Balaban J connectivity index is 1.42. The maximum absolute atomic E-state index is 12.6. The van der Waals surface area contributed by atoms with E-state index in [2.05, 4.69) is 20.6 Å². The van der Waals surface area contributed by atoms with Gasteiger partial charge in [-0.3, -0.25) is 9.59 Å². The van der Waals surface area contributed by atoms with Gasteiger partial charge < -0.3 is 15.4 Å². The van der Waals surface area contributed by atoms with Gasteiger partial charge in [0.15, 0.2) is 9.47 Å². The first-order valence-electron chi connectivity index (χ1n) is 8.79. The molecule has 30 heavy (non-hydrogen) atoms. The Labute approximate surface area is 184 Å². The van der Waals surface area contributed by atoms with Crippen LogP contribution in [0.3, 0.4) is 0 Å². The molecule has 0 bridgehead atoms. The molecule has 7 nitrogen and oxygen atoms in total. The summed E-state index contributed by atoms with van der Waals surface area (Å²) in [5.74, 6) is 0.392. The summed E-state index contributed by atoms with van der Waals surface area (Å²) in [5, 5.41) is 8.03. The van der Waals surface area contributed by atoms with Crippen LogP contribution in [0.2, 0.25) is 0 Å². The molecular formula is C20H16N4O3S3. The number of nitrogens with zero attached hydrogens (tertiary/aromatic N) is 2. The number of methoxy groups -OCH3 is 1. The van der Waals surface area contributed by atoms with E-state index < -0.39 is 0 Å². The summed E-state index contributed by atoms with van der Waals surface area (Å²) >= 11 is 4.22. The summed E-state index contributed by atoms with van der Waals surface area (Å²) in [6.07, 6.45) is 1.64. The third-order valence-electron chi connectivity index (χ3n) is 3.98. The van der Waals surface area contributed by atoms with Crippen LogP contribution in [0.1, 0.15) is 10.4 Å².